The highest BCUT2D eigenvalue weighted by atomic mass is 16.5. The molecule has 0 heterocycles. The van der Waals surface area contributed by atoms with Gasteiger partial charge in [0.15, 0.2) is 0 Å². The van der Waals surface area contributed by atoms with Crippen LogP contribution in [-0.2, 0) is 14.3 Å². The lowest BCUT2D eigenvalue weighted by Crippen LogP contribution is -2.51. The number of carbonyl (C=O) groups is 1. The first-order valence-corrected chi connectivity index (χ1v) is 8.41. The third kappa shape index (κ3) is 3.42. The molecule has 4 rings (SSSR count). The predicted octanol–water partition coefficient (Wildman–Crippen LogP) is 2.32. The molecular formula is C17H29NO3. The molecule has 0 N–H and O–H groups in total. The van der Waals surface area contributed by atoms with Crippen molar-refractivity contribution in [3.8, 4) is 0 Å². The number of likely N-dealkylation sites (N-methyl/N-ethyl adjacent to an activating group) is 1. The lowest BCUT2D eigenvalue weighted by molar-refractivity contribution is -0.140. The minimum atomic E-state index is 0.113. The Balaban J connectivity index is 1.50. The van der Waals surface area contributed by atoms with Gasteiger partial charge in [-0.05, 0) is 61.7 Å². The number of hydrogen-bond acceptors (Lipinski definition) is 3. The molecule has 4 bridgehead atoms. The molecule has 0 radical (unpaired) electrons. The van der Waals surface area contributed by atoms with Gasteiger partial charge in [0, 0.05) is 20.7 Å². The summed E-state index contributed by atoms with van der Waals surface area (Å²) in [5.74, 6) is 2.94. The quantitative estimate of drug-likeness (QED) is 0.677. The molecule has 4 heteroatoms. The maximum Gasteiger partial charge on any atom is 0.248 e. The van der Waals surface area contributed by atoms with E-state index >= 15 is 0 Å². The minimum Gasteiger partial charge on any atom is -0.382 e. The maximum atomic E-state index is 12.2. The monoisotopic (exact) mass is 295 g/mol. The molecule has 4 fully saturated rings. The Hall–Kier alpha value is -0.610. The topological polar surface area (TPSA) is 38.8 Å². The summed E-state index contributed by atoms with van der Waals surface area (Å²) in [6.07, 6.45) is 8.41. The Kier molecular flexibility index (Phi) is 4.55. The van der Waals surface area contributed by atoms with Crippen molar-refractivity contribution in [1.29, 1.82) is 0 Å². The average Bonchev–Trinajstić information content (AvgIpc) is 2.41. The van der Waals surface area contributed by atoms with Gasteiger partial charge in [-0.15, -0.1) is 0 Å². The SMILES string of the molecule is COCCOCC(=O)N(C)CC12CC3CC(CC(C3)C1)C2. The highest BCUT2D eigenvalue weighted by Gasteiger charge is 2.51. The third-order valence-corrected chi connectivity index (χ3v) is 5.82. The van der Waals surface area contributed by atoms with Crippen molar-refractivity contribution >= 4 is 5.91 Å². The van der Waals surface area contributed by atoms with Crippen molar-refractivity contribution in [2.45, 2.75) is 38.5 Å². The van der Waals surface area contributed by atoms with E-state index < -0.39 is 0 Å². The van der Waals surface area contributed by atoms with Crippen LogP contribution >= 0.6 is 0 Å². The van der Waals surface area contributed by atoms with Gasteiger partial charge in [-0.1, -0.05) is 0 Å². The smallest absolute Gasteiger partial charge is 0.248 e. The van der Waals surface area contributed by atoms with Crippen LogP contribution in [0.4, 0.5) is 0 Å². The number of rotatable bonds is 7. The summed E-state index contributed by atoms with van der Waals surface area (Å²) in [5.41, 5.74) is 0.422. The lowest BCUT2D eigenvalue weighted by atomic mass is 9.49. The van der Waals surface area contributed by atoms with Crippen LogP contribution in [0.15, 0.2) is 0 Å². The van der Waals surface area contributed by atoms with Crippen molar-refractivity contribution in [3.05, 3.63) is 0 Å². The number of hydrogen-bond donors (Lipinski definition) is 0. The van der Waals surface area contributed by atoms with Crippen LogP contribution in [0.2, 0.25) is 0 Å². The van der Waals surface area contributed by atoms with Gasteiger partial charge in [-0.2, -0.15) is 0 Å². The first-order chi connectivity index (χ1) is 10.1. The lowest BCUT2D eigenvalue weighted by Gasteiger charge is -2.57. The molecular weight excluding hydrogens is 266 g/mol. The first kappa shape index (κ1) is 15.3. The van der Waals surface area contributed by atoms with Crippen LogP contribution in [0.25, 0.3) is 0 Å². The molecule has 21 heavy (non-hydrogen) atoms. The summed E-state index contributed by atoms with van der Waals surface area (Å²) in [4.78, 5) is 14.1. The fraction of sp³-hybridized carbons (Fsp3) is 0.941. The number of methoxy groups -OCH3 is 1. The summed E-state index contributed by atoms with van der Waals surface area (Å²) in [6.45, 7) is 2.16. The van der Waals surface area contributed by atoms with Gasteiger partial charge in [0.05, 0.1) is 13.2 Å². The first-order valence-electron chi connectivity index (χ1n) is 8.41. The maximum absolute atomic E-state index is 12.2. The second-order valence-electron chi connectivity index (χ2n) is 7.71. The van der Waals surface area contributed by atoms with Gasteiger partial charge in [0.1, 0.15) is 6.61 Å². The molecule has 0 atom stereocenters. The summed E-state index contributed by atoms with van der Waals surface area (Å²) in [7, 11) is 3.59. The molecule has 0 unspecified atom stereocenters. The van der Waals surface area contributed by atoms with Crippen molar-refractivity contribution in [2.75, 3.05) is 40.5 Å². The number of carbonyl (C=O) groups excluding carboxylic acids is 1. The van der Waals surface area contributed by atoms with E-state index in [9.17, 15) is 4.79 Å². The van der Waals surface area contributed by atoms with Crippen molar-refractivity contribution in [3.63, 3.8) is 0 Å². The Bertz CT molecular complexity index is 347. The number of nitrogens with zero attached hydrogens (tertiary/aromatic N) is 1. The second kappa shape index (κ2) is 6.25. The highest BCUT2D eigenvalue weighted by molar-refractivity contribution is 5.77. The van der Waals surface area contributed by atoms with E-state index in [2.05, 4.69) is 0 Å². The second-order valence-corrected chi connectivity index (χ2v) is 7.71. The Morgan fingerprint density at radius 1 is 1.10 bits per heavy atom. The van der Waals surface area contributed by atoms with Crippen molar-refractivity contribution < 1.29 is 14.3 Å². The van der Waals surface area contributed by atoms with E-state index in [0.29, 0.717) is 18.6 Å². The van der Waals surface area contributed by atoms with Crippen molar-refractivity contribution in [1.82, 2.24) is 4.90 Å². The largest absolute Gasteiger partial charge is 0.382 e. The summed E-state index contributed by atoms with van der Waals surface area (Å²) >= 11 is 0. The van der Waals surface area contributed by atoms with Gasteiger partial charge in [-0.25, -0.2) is 0 Å². The molecule has 4 saturated carbocycles. The Labute approximate surface area is 128 Å². The van der Waals surface area contributed by atoms with E-state index in [4.69, 9.17) is 9.47 Å². The van der Waals surface area contributed by atoms with E-state index in [1.807, 2.05) is 11.9 Å². The van der Waals surface area contributed by atoms with Crippen LogP contribution in [0, 0.1) is 23.2 Å². The molecule has 0 aliphatic heterocycles. The molecule has 0 aromatic rings. The van der Waals surface area contributed by atoms with E-state index in [1.165, 1.54) is 38.5 Å². The third-order valence-electron chi connectivity index (χ3n) is 5.82. The molecule has 0 spiro atoms. The molecule has 0 aromatic heterocycles. The zero-order chi connectivity index (χ0) is 14.9. The normalized spacial score (nSPS) is 37.0. The van der Waals surface area contributed by atoms with Crippen LogP contribution in [0.3, 0.4) is 0 Å². The average molecular weight is 295 g/mol. The summed E-state index contributed by atoms with van der Waals surface area (Å²) < 4.78 is 10.3. The van der Waals surface area contributed by atoms with E-state index in [-0.39, 0.29) is 12.5 Å². The molecule has 4 aliphatic carbocycles. The standard InChI is InChI=1S/C17H29NO3/c1-18(16(19)11-21-4-3-20-2)12-17-8-13-5-14(9-17)7-15(6-13)10-17/h13-15H,3-12H2,1-2H3. The minimum absolute atomic E-state index is 0.113. The zero-order valence-electron chi connectivity index (χ0n) is 13.5. The molecule has 4 aliphatic rings. The van der Waals surface area contributed by atoms with E-state index in [1.54, 1.807) is 7.11 Å². The molecule has 120 valence electrons. The van der Waals surface area contributed by atoms with E-state index in [0.717, 1.165) is 24.3 Å². The number of ether oxygens (including phenoxy) is 2. The predicted molar refractivity (Wildman–Crippen MR) is 80.9 cm³/mol. The van der Waals surface area contributed by atoms with Crippen LogP contribution in [0.1, 0.15) is 38.5 Å². The van der Waals surface area contributed by atoms with Gasteiger partial charge >= 0.3 is 0 Å². The summed E-state index contributed by atoms with van der Waals surface area (Å²) in [5, 5.41) is 0. The summed E-state index contributed by atoms with van der Waals surface area (Å²) in [6, 6.07) is 0. The van der Waals surface area contributed by atoms with Crippen LogP contribution in [0.5, 0.6) is 0 Å². The Morgan fingerprint density at radius 3 is 2.19 bits per heavy atom. The van der Waals surface area contributed by atoms with Crippen LogP contribution < -0.4 is 0 Å². The zero-order valence-corrected chi connectivity index (χ0v) is 13.5. The van der Waals surface area contributed by atoms with Gasteiger partial charge in [0.2, 0.25) is 5.91 Å². The fourth-order valence-electron chi connectivity index (χ4n) is 5.49. The van der Waals surface area contributed by atoms with Crippen LogP contribution in [-0.4, -0.2) is 51.3 Å². The van der Waals surface area contributed by atoms with Gasteiger partial charge in [-0.3, -0.25) is 4.79 Å². The molecule has 0 aromatic carbocycles. The highest BCUT2D eigenvalue weighted by Crippen LogP contribution is 2.60. The van der Waals surface area contributed by atoms with Gasteiger partial charge in [0.25, 0.3) is 0 Å². The van der Waals surface area contributed by atoms with Gasteiger partial charge < -0.3 is 14.4 Å². The molecule has 0 saturated heterocycles. The fourth-order valence-corrected chi connectivity index (χ4v) is 5.49. The molecule has 4 nitrogen and oxygen atoms in total. The number of amides is 1. The molecule has 1 amide bonds. The van der Waals surface area contributed by atoms with Crippen molar-refractivity contribution in [2.24, 2.45) is 23.2 Å². The Morgan fingerprint density at radius 2 is 1.67 bits per heavy atom.